The van der Waals surface area contributed by atoms with E-state index in [0.29, 0.717) is 0 Å². The van der Waals surface area contributed by atoms with Crippen molar-refractivity contribution in [3.05, 3.63) is 0 Å². The van der Waals surface area contributed by atoms with Crippen LogP contribution >= 0.6 is 0 Å². The van der Waals surface area contributed by atoms with Gasteiger partial charge in [0.25, 0.3) is 0 Å². The minimum Gasteiger partial charge on any atom is -0.438 e. The van der Waals surface area contributed by atoms with E-state index in [2.05, 4.69) is 0 Å². The van der Waals surface area contributed by atoms with E-state index in [-0.39, 0.29) is 0 Å². The van der Waals surface area contributed by atoms with Gasteiger partial charge in [-0.2, -0.15) is 0 Å². The van der Waals surface area contributed by atoms with E-state index >= 15 is 0 Å². The molecule has 11 heavy (non-hydrogen) atoms. The Labute approximate surface area is 71.1 Å². The van der Waals surface area contributed by atoms with Crippen molar-refractivity contribution in [1.29, 1.82) is 0 Å². The topological polar surface area (TPSA) is 20.2 Å². The van der Waals surface area contributed by atoms with Crippen molar-refractivity contribution < 1.29 is 4.80 Å². The van der Waals surface area contributed by atoms with Gasteiger partial charge in [-0.1, -0.05) is 38.5 Å². The van der Waals surface area contributed by atoms with Crippen molar-refractivity contribution >= 4 is 9.76 Å². The summed E-state index contributed by atoms with van der Waals surface area (Å²) < 4.78 is 0. The third-order valence-corrected chi connectivity index (χ3v) is 5.48. The lowest BCUT2D eigenvalue weighted by molar-refractivity contribution is 0.182. The summed E-state index contributed by atoms with van der Waals surface area (Å²) in [5.41, 5.74) is 0.817. The Hall–Kier alpha value is 0.177. The molecule has 2 fully saturated rings. The highest BCUT2D eigenvalue weighted by atomic mass is 28.2. The molecular weight excluding hydrogens is 152 g/mol. The van der Waals surface area contributed by atoms with Crippen LogP contribution in [0.2, 0.25) is 5.54 Å². The minimum absolute atomic E-state index is 0.686. The predicted octanol–water partition coefficient (Wildman–Crippen LogP) is 1.45. The van der Waals surface area contributed by atoms with Crippen molar-refractivity contribution in [2.24, 2.45) is 11.8 Å². The largest absolute Gasteiger partial charge is 0.438 e. The van der Waals surface area contributed by atoms with Crippen molar-refractivity contribution in [3.8, 4) is 0 Å². The van der Waals surface area contributed by atoms with Crippen LogP contribution in [0.15, 0.2) is 0 Å². The normalized spacial score (nSPS) is 27.8. The van der Waals surface area contributed by atoms with Crippen LogP contribution in [0, 0.1) is 11.8 Å². The zero-order valence-electron chi connectivity index (χ0n) is 7.13. The summed E-state index contributed by atoms with van der Waals surface area (Å²) in [4.78, 5) is 9.34. The molecule has 0 heterocycles. The molecule has 0 aromatic heterocycles. The summed E-state index contributed by atoms with van der Waals surface area (Å²) in [6.45, 7) is 0. The number of rotatable bonds is 3. The Bertz CT molecular complexity index is 116. The molecule has 0 saturated heterocycles. The van der Waals surface area contributed by atoms with Crippen LogP contribution in [0.4, 0.5) is 0 Å². The van der Waals surface area contributed by atoms with E-state index in [9.17, 15) is 4.80 Å². The average Bonchev–Trinajstić information content (AvgIpc) is 1.78. The van der Waals surface area contributed by atoms with Crippen LogP contribution in [0.25, 0.3) is 0 Å². The van der Waals surface area contributed by atoms with Gasteiger partial charge < -0.3 is 4.80 Å². The van der Waals surface area contributed by atoms with E-state index in [1.165, 1.54) is 38.5 Å². The number of hydrogen-bond acceptors (Lipinski definition) is 1. The third kappa shape index (κ3) is 1.38. The van der Waals surface area contributed by atoms with Gasteiger partial charge in [-0.05, 0) is 17.4 Å². The standard InChI is InChI=1S/C9H18OSi/c10-11-9(7-3-1-4-7)8-5-2-6-8/h7-10H,1-6,11H2. The molecule has 1 nitrogen and oxygen atoms in total. The Morgan fingerprint density at radius 3 is 1.64 bits per heavy atom. The smallest absolute Gasteiger partial charge is 0.160 e. The van der Waals surface area contributed by atoms with Crippen molar-refractivity contribution in [1.82, 2.24) is 0 Å². The molecule has 64 valence electrons. The van der Waals surface area contributed by atoms with Gasteiger partial charge in [-0.3, -0.25) is 0 Å². The summed E-state index contributed by atoms with van der Waals surface area (Å²) >= 11 is 0. The second kappa shape index (κ2) is 3.28. The fourth-order valence-electron chi connectivity index (χ4n) is 2.42. The zero-order valence-corrected chi connectivity index (χ0v) is 8.54. The lowest BCUT2D eigenvalue weighted by Crippen LogP contribution is -2.31. The van der Waals surface area contributed by atoms with Gasteiger partial charge in [0.1, 0.15) is 0 Å². The Kier molecular flexibility index (Phi) is 2.32. The molecule has 0 bridgehead atoms. The first-order valence-electron chi connectivity index (χ1n) is 5.02. The molecule has 0 aliphatic heterocycles. The highest BCUT2D eigenvalue weighted by molar-refractivity contribution is 6.28. The van der Waals surface area contributed by atoms with Crippen molar-refractivity contribution in [2.45, 2.75) is 44.1 Å². The molecule has 0 atom stereocenters. The molecule has 0 unspecified atom stereocenters. The van der Waals surface area contributed by atoms with Crippen LogP contribution < -0.4 is 0 Å². The van der Waals surface area contributed by atoms with Gasteiger partial charge in [-0.15, -0.1) is 0 Å². The van der Waals surface area contributed by atoms with Gasteiger partial charge in [-0.25, -0.2) is 0 Å². The summed E-state index contributed by atoms with van der Waals surface area (Å²) in [6, 6.07) is 0. The maximum Gasteiger partial charge on any atom is 0.160 e. The fraction of sp³-hybridized carbons (Fsp3) is 1.00. The average molecular weight is 170 g/mol. The highest BCUT2D eigenvalue weighted by Gasteiger charge is 2.35. The summed E-state index contributed by atoms with van der Waals surface area (Å²) in [5, 5.41) is 0. The fourth-order valence-corrected chi connectivity index (χ4v) is 3.96. The lowest BCUT2D eigenvalue weighted by Gasteiger charge is -2.41. The van der Waals surface area contributed by atoms with Crippen LogP contribution in [0.1, 0.15) is 38.5 Å². The summed E-state index contributed by atoms with van der Waals surface area (Å²) in [5.74, 6) is 1.91. The van der Waals surface area contributed by atoms with E-state index in [1.807, 2.05) is 0 Å². The molecule has 0 radical (unpaired) electrons. The Morgan fingerprint density at radius 1 is 1.00 bits per heavy atom. The highest BCUT2D eigenvalue weighted by Crippen LogP contribution is 2.47. The van der Waals surface area contributed by atoms with E-state index < -0.39 is 9.76 Å². The summed E-state index contributed by atoms with van der Waals surface area (Å²) in [6.07, 6.45) is 8.57. The minimum atomic E-state index is -0.686. The van der Waals surface area contributed by atoms with E-state index in [4.69, 9.17) is 0 Å². The van der Waals surface area contributed by atoms with Gasteiger partial charge >= 0.3 is 0 Å². The molecular formula is C9H18OSi. The molecule has 2 aliphatic carbocycles. The van der Waals surface area contributed by atoms with Crippen LogP contribution in [-0.4, -0.2) is 14.6 Å². The third-order valence-electron chi connectivity index (χ3n) is 3.72. The quantitative estimate of drug-likeness (QED) is 0.636. The second-order valence-electron chi connectivity index (χ2n) is 4.23. The van der Waals surface area contributed by atoms with Gasteiger partial charge in [0, 0.05) is 0 Å². The van der Waals surface area contributed by atoms with E-state index in [1.54, 1.807) is 0 Å². The van der Waals surface area contributed by atoms with Crippen molar-refractivity contribution in [3.63, 3.8) is 0 Å². The van der Waals surface area contributed by atoms with E-state index in [0.717, 1.165) is 17.4 Å². The lowest BCUT2D eigenvalue weighted by atomic mass is 9.72. The summed E-state index contributed by atoms with van der Waals surface area (Å²) in [7, 11) is -0.686. The monoisotopic (exact) mass is 170 g/mol. The molecule has 2 saturated carbocycles. The maximum atomic E-state index is 9.34. The van der Waals surface area contributed by atoms with Gasteiger partial charge in [0.15, 0.2) is 9.76 Å². The van der Waals surface area contributed by atoms with Crippen LogP contribution in [-0.2, 0) is 0 Å². The zero-order chi connectivity index (χ0) is 7.68. The second-order valence-corrected chi connectivity index (χ2v) is 5.54. The first-order chi connectivity index (χ1) is 5.42. The molecule has 2 heteroatoms. The predicted molar refractivity (Wildman–Crippen MR) is 49.2 cm³/mol. The maximum absolute atomic E-state index is 9.34. The SMILES string of the molecule is O[SiH2]C(C1CCC1)C1CCC1. The number of hydrogen-bond donors (Lipinski definition) is 1. The van der Waals surface area contributed by atoms with Gasteiger partial charge in [0.05, 0.1) is 0 Å². The Balaban J connectivity index is 1.83. The molecule has 1 N–H and O–H groups in total. The van der Waals surface area contributed by atoms with Crippen molar-refractivity contribution in [2.75, 3.05) is 0 Å². The van der Waals surface area contributed by atoms with Crippen LogP contribution in [0.3, 0.4) is 0 Å². The molecule has 0 amide bonds. The molecule has 0 aromatic carbocycles. The van der Waals surface area contributed by atoms with Crippen LogP contribution in [0.5, 0.6) is 0 Å². The molecule has 0 aromatic rings. The Morgan fingerprint density at radius 2 is 1.45 bits per heavy atom. The molecule has 2 rings (SSSR count). The first kappa shape index (κ1) is 7.81. The molecule has 2 aliphatic rings. The molecule has 0 spiro atoms. The first-order valence-corrected chi connectivity index (χ1v) is 6.47. The van der Waals surface area contributed by atoms with Gasteiger partial charge in [0.2, 0.25) is 0 Å².